The highest BCUT2D eigenvalue weighted by Gasteiger charge is 2.08. The first-order valence-electron chi connectivity index (χ1n) is 4.92. The summed E-state index contributed by atoms with van der Waals surface area (Å²) < 4.78 is 0. The lowest BCUT2D eigenvalue weighted by molar-refractivity contribution is 0.221. The Balaban J connectivity index is 3.53. The fraction of sp³-hybridized carbons (Fsp3) is 1.00. The van der Waals surface area contributed by atoms with E-state index >= 15 is 0 Å². The maximum Gasteiger partial charge on any atom is 0.00760 e. The summed E-state index contributed by atoms with van der Waals surface area (Å²) >= 11 is 0. The second-order valence-corrected chi connectivity index (χ2v) is 4.07. The normalized spacial score (nSPS) is 14.2. The molecule has 0 saturated carbocycles. The Hall–Kier alpha value is -0.0800. The van der Waals surface area contributed by atoms with Gasteiger partial charge < -0.3 is 10.2 Å². The molecule has 0 aliphatic rings. The first-order valence-corrected chi connectivity index (χ1v) is 4.92. The third kappa shape index (κ3) is 5.56. The summed E-state index contributed by atoms with van der Waals surface area (Å²) in [7, 11) is 4.22. The quantitative estimate of drug-likeness (QED) is 0.654. The lowest BCUT2D eigenvalue weighted by atomic mass is 10.1. The standard InChI is InChI=1S/C10H24N2/c1-9(2)8-12(5)10(3)6-7-11-4/h9-11H,6-8H2,1-5H3. The Labute approximate surface area is 77.3 Å². The van der Waals surface area contributed by atoms with E-state index in [-0.39, 0.29) is 0 Å². The zero-order valence-electron chi connectivity index (χ0n) is 9.22. The number of nitrogens with one attached hydrogen (secondary N) is 1. The summed E-state index contributed by atoms with van der Waals surface area (Å²) in [6.07, 6.45) is 1.24. The van der Waals surface area contributed by atoms with Crippen LogP contribution in [0.25, 0.3) is 0 Å². The van der Waals surface area contributed by atoms with Gasteiger partial charge in [0.25, 0.3) is 0 Å². The van der Waals surface area contributed by atoms with Gasteiger partial charge in [-0.15, -0.1) is 0 Å². The van der Waals surface area contributed by atoms with Crippen LogP contribution in [0.3, 0.4) is 0 Å². The Morgan fingerprint density at radius 2 is 1.83 bits per heavy atom. The average molecular weight is 172 g/mol. The Morgan fingerprint density at radius 3 is 2.25 bits per heavy atom. The van der Waals surface area contributed by atoms with Gasteiger partial charge in [0, 0.05) is 12.6 Å². The number of hydrogen-bond acceptors (Lipinski definition) is 2. The molecule has 0 amide bonds. The van der Waals surface area contributed by atoms with Crippen LogP contribution >= 0.6 is 0 Å². The summed E-state index contributed by atoms with van der Waals surface area (Å²) in [5.74, 6) is 0.770. The minimum Gasteiger partial charge on any atom is -0.320 e. The van der Waals surface area contributed by atoms with Gasteiger partial charge >= 0.3 is 0 Å². The van der Waals surface area contributed by atoms with Gasteiger partial charge in [-0.25, -0.2) is 0 Å². The Kier molecular flexibility index (Phi) is 6.39. The minimum atomic E-state index is 0.694. The molecule has 0 aromatic carbocycles. The summed E-state index contributed by atoms with van der Waals surface area (Å²) in [4.78, 5) is 2.43. The topological polar surface area (TPSA) is 15.3 Å². The van der Waals surface area contributed by atoms with E-state index < -0.39 is 0 Å². The lowest BCUT2D eigenvalue weighted by Crippen LogP contribution is -2.34. The third-order valence-electron chi connectivity index (χ3n) is 2.22. The molecule has 1 atom stereocenters. The van der Waals surface area contributed by atoms with E-state index in [9.17, 15) is 0 Å². The second-order valence-electron chi connectivity index (χ2n) is 4.07. The molecule has 0 aromatic heterocycles. The minimum absolute atomic E-state index is 0.694. The molecule has 0 heterocycles. The first-order chi connectivity index (χ1) is 5.57. The predicted molar refractivity (Wildman–Crippen MR) is 55.5 cm³/mol. The SMILES string of the molecule is CNCCC(C)N(C)CC(C)C. The molecule has 0 aliphatic carbocycles. The highest BCUT2D eigenvalue weighted by Crippen LogP contribution is 2.03. The van der Waals surface area contributed by atoms with Crippen molar-refractivity contribution in [1.29, 1.82) is 0 Å². The van der Waals surface area contributed by atoms with E-state index in [4.69, 9.17) is 0 Å². The van der Waals surface area contributed by atoms with Crippen LogP contribution in [-0.4, -0.2) is 38.1 Å². The van der Waals surface area contributed by atoms with Gasteiger partial charge in [-0.3, -0.25) is 0 Å². The molecule has 0 aromatic rings. The van der Waals surface area contributed by atoms with Crippen LogP contribution in [0.15, 0.2) is 0 Å². The smallest absolute Gasteiger partial charge is 0.00760 e. The van der Waals surface area contributed by atoms with Crippen molar-refractivity contribution in [3.8, 4) is 0 Å². The van der Waals surface area contributed by atoms with Crippen LogP contribution in [0.1, 0.15) is 27.2 Å². The fourth-order valence-electron chi connectivity index (χ4n) is 1.33. The zero-order valence-corrected chi connectivity index (χ0v) is 9.22. The van der Waals surface area contributed by atoms with E-state index in [1.165, 1.54) is 13.0 Å². The summed E-state index contributed by atoms with van der Waals surface area (Å²) in [6.45, 7) is 9.14. The van der Waals surface area contributed by atoms with Crippen LogP contribution in [-0.2, 0) is 0 Å². The van der Waals surface area contributed by atoms with Gasteiger partial charge in [-0.1, -0.05) is 13.8 Å². The highest BCUT2D eigenvalue weighted by molar-refractivity contribution is 4.65. The molecule has 2 nitrogen and oxygen atoms in total. The third-order valence-corrected chi connectivity index (χ3v) is 2.22. The van der Waals surface area contributed by atoms with Crippen molar-refractivity contribution in [3.63, 3.8) is 0 Å². The Bertz CT molecular complexity index is 102. The lowest BCUT2D eigenvalue weighted by Gasteiger charge is -2.26. The molecule has 0 aliphatic heterocycles. The van der Waals surface area contributed by atoms with Crippen LogP contribution in [0.2, 0.25) is 0 Å². The molecular formula is C10H24N2. The van der Waals surface area contributed by atoms with Crippen molar-refractivity contribution in [2.24, 2.45) is 5.92 Å². The molecule has 1 N–H and O–H groups in total. The summed E-state index contributed by atoms with van der Waals surface area (Å²) in [5.41, 5.74) is 0. The molecule has 2 heteroatoms. The van der Waals surface area contributed by atoms with Gasteiger partial charge in [-0.05, 0) is 39.9 Å². The molecule has 0 spiro atoms. The monoisotopic (exact) mass is 172 g/mol. The molecule has 1 unspecified atom stereocenters. The van der Waals surface area contributed by atoms with Gasteiger partial charge in [0.05, 0.1) is 0 Å². The van der Waals surface area contributed by atoms with E-state index in [2.05, 4.69) is 38.0 Å². The second kappa shape index (κ2) is 6.44. The van der Waals surface area contributed by atoms with Crippen molar-refractivity contribution < 1.29 is 0 Å². The molecule has 0 rings (SSSR count). The molecular weight excluding hydrogens is 148 g/mol. The van der Waals surface area contributed by atoms with Crippen molar-refractivity contribution in [1.82, 2.24) is 10.2 Å². The van der Waals surface area contributed by atoms with Crippen molar-refractivity contribution >= 4 is 0 Å². The van der Waals surface area contributed by atoms with Crippen LogP contribution < -0.4 is 5.32 Å². The first kappa shape index (κ1) is 11.9. The highest BCUT2D eigenvalue weighted by atomic mass is 15.1. The van der Waals surface area contributed by atoms with E-state index in [1.807, 2.05) is 7.05 Å². The van der Waals surface area contributed by atoms with E-state index in [0.717, 1.165) is 12.5 Å². The maximum absolute atomic E-state index is 3.18. The van der Waals surface area contributed by atoms with Gasteiger partial charge in [0.2, 0.25) is 0 Å². The largest absolute Gasteiger partial charge is 0.320 e. The molecule has 0 fully saturated rings. The van der Waals surface area contributed by atoms with E-state index in [0.29, 0.717) is 6.04 Å². The van der Waals surface area contributed by atoms with Crippen molar-refractivity contribution in [2.45, 2.75) is 33.2 Å². The summed E-state index contributed by atoms with van der Waals surface area (Å²) in [6, 6.07) is 0.694. The number of nitrogens with zero attached hydrogens (tertiary/aromatic N) is 1. The number of hydrogen-bond donors (Lipinski definition) is 1. The van der Waals surface area contributed by atoms with Crippen molar-refractivity contribution in [2.75, 3.05) is 27.2 Å². The molecule has 0 radical (unpaired) electrons. The number of rotatable bonds is 6. The van der Waals surface area contributed by atoms with Crippen molar-refractivity contribution in [3.05, 3.63) is 0 Å². The van der Waals surface area contributed by atoms with Gasteiger partial charge in [-0.2, -0.15) is 0 Å². The molecule has 74 valence electrons. The molecule has 0 bridgehead atoms. The molecule has 12 heavy (non-hydrogen) atoms. The van der Waals surface area contributed by atoms with E-state index in [1.54, 1.807) is 0 Å². The maximum atomic E-state index is 3.18. The van der Waals surface area contributed by atoms with Crippen LogP contribution in [0.4, 0.5) is 0 Å². The van der Waals surface area contributed by atoms with Crippen LogP contribution in [0.5, 0.6) is 0 Å². The Morgan fingerprint density at radius 1 is 1.25 bits per heavy atom. The predicted octanol–water partition coefficient (Wildman–Crippen LogP) is 1.57. The van der Waals surface area contributed by atoms with Crippen LogP contribution in [0, 0.1) is 5.92 Å². The zero-order chi connectivity index (χ0) is 9.56. The molecule has 0 saturated heterocycles. The fourth-order valence-corrected chi connectivity index (χ4v) is 1.33. The summed E-state index contributed by atoms with van der Waals surface area (Å²) in [5, 5.41) is 3.18. The van der Waals surface area contributed by atoms with Gasteiger partial charge in [0.1, 0.15) is 0 Å². The average Bonchev–Trinajstić information content (AvgIpc) is 1.98. The van der Waals surface area contributed by atoms with Gasteiger partial charge in [0.15, 0.2) is 0 Å².